The average Bonchev–Trinajstić information content (AvgIpc) is 2.81. The molecule has 0 radical (unpaired) electrons. The van der Waals surface area contributed by atoms with Crippen molar-refractivity contribution in [3.8, 4) is 0 Å². The number of aliphatic hydroxyl groups is 2. The van der Waals surface area contributed by atoms with Crippen molar-refractivity contribution in [1.29, 1.82) is 0 Å². The van der Waals surface area contributed by atoms with Gasteiger partial charge in [0.15, 0.2) is 0 Å². The summed E-state index contributed by atoms with van der Waals surface area (Å²) in [6.07, 6.45) is 3.74. The minimum atomic E-state index is -0.880. The van der Waals surface area contributed by atoms with Crippen molar-refractivity contribution in [1.82, 2.24) is 0 Å². The molecule has 2 aromatic carbocycles. The first-order valence-corrected chi connectivity index (χ1v) is 12.1. The first-order chi connectivity index (χ1) is 14.9. The van der Waals surface area contributed by atoms with Gasteiger partial charge in [0.1, 0.15) is 5.60 Å². The molecular weight excluding hydrogens is 408 g/mol. The third kappa shape index (κ3) is 5.70. The zero-order chi connectivity index (χ0) is 23.0. The first-order valence-electron chi connectivity index (χ1n) is 11.7. The van der Waals surface area contributed by atoms with Crippen molar-refractivity contribution < 1.29 is 14.9 Å². The second-order valence-electron chi connectivity index (χ2n) is 8.44. The molecular formula is C27H39ClO3. The average molecular weight is 447 g/mol. The zero-order valence-corrected chi connectivity index (χ0v) is 20.5. The van der Waals surface area contributed by atoms with Crippen LogP contribution in [-0.4, -0.2) is 29.5 Å². The third-order valence-corrected chi connectivity index (χ3v) is 7.03. The van der Waals surface area contributed by atoms with Crippen LogP contribution in [0.5, 0.6) is 0 Å². The zero-order valence-electron chi connectivity index (χ0n) is 19.7. The van der Waals surface area contributed by atoms with Crippen LogP contribution >= 0.6 is 11.6 Å². The molecule has 2 N–H and O–H groups in total. The number of ether oxygens (including phenoxy) is 1. The van der Waals surface area contributed by atoms with Crippen LogP contribution in [0.1, 0.15) is 75.3 Å². The molecule has 3 atom stereocenters. The lowest BCUT2D eigenvalue weighted by Crippen LogP contribution is -2.45. The number of hydrogen-bond acceptors (Lipinski definition) is 3. The fourth-order valence-electron chi connectivity index (χ4n) is 4.35. The van der Waals surface area contributed by atoms with Gasteiger partial charge in [-0.05, 0) is 65.5 Å². The Morgan fingerprint density at radius 2 is 1.52 bits per heavy atom. The van der Waals surface area contributed by atoms with Crippen LogP contribution in [0.25, 0.3) is 0 Å². The van der Waals surface area contributed by atoms with Gasteiger partial charge in [-0.25, -0.2) is 0 Å². The van der Waals surface area contributed by atoms with E-state index in [1.54, 1.807) is 0 Å². The molecule has 0 aliphatic rings. The van der Waals surface area contributed by atoms with Crippen molar-refractivity contribution in [2.45, 2.75) is 78.4 Å². The Morgan fingerprint density at radius 1 is 0.871 bits per heavy atom. The van der Waals surface area contributed by atoms with Gasteiger partial charge in [-0.3, -0.25) is 0 Å². The fraction of sp³-hybridized carbons (Fsp3) is 0.556. The molecule has 0 spiro atoms. The third-order valence-electron chi connectivity index (χ3n) is 6.67. The molecule has 31 heavy (non-hydrogen) atoms. The number of benzene rings is 2. The highest BCUT2D eigenvalue weighted by molar-refractivity contribution is 6.31. The second-order valence-corrected chi connectivity index (χ2v) is 8.85. The van der Waals surface area contributed by atoms with Crippen LogP contribution in [0.4, 0.5) is 0 Å². The summed E-state index contributed by atoms with van der Waals surface area (Å²) in [4.78, 5) is 0. The maximum absolute atomic E-state index is 10.7. The minimum Gasteiger partial charge on any atom is -0.394 e. The van der Waals surface area contributed by atoms with E-state index >= 15 is 0 Å². The van der Waals surface area contributed by atoms with E-state index in [1.807, 2.05) is 19.1 Å². The Kier molecular flexibility index (Phi) is 10.0. The number of aryl methyl sites for hydroxylation is 1. The first kappa shape index (κ1) is 25.9. The largest absolute Gasteiger partial charge is 0.394 e. The van der Waals surface area contributed by atoms with E-state index < -0.39 is 5.60 Å². The molecule has 0 saturated heterocycles. The van der Waals surface area contributed by atoms with E-state index in [0.29, 0.717) is 6.42 Å². The number of hydrogen-bond donors (Lipinski definition) is 2. The quantitative estimate of drug-likeness (QED) is 0.415. The van der Waals surface area contributed by atoms with Crippen molar-refractivity contribution in [3.63, 3.8) is 0 Å². The maximum atomic E-state index is 10.7. The standard InChI is InChI=1S/C27H39ClO3/c1-6-19(5)27(18-30,31-22(8-3)17-29)25-14-15-26(28)24(23(25)9-4)16-21-12-10-20(7-2)11-13-21/h10-15,19,22,29-30H,6-9,16-18H2,1-5H3. The fourth-order valence-corrected chi connectivity index (χ4v) is 4.60. The van der Waals surface area contributed by atoms with Crippen molar-refractivity contribution in [3.05, 3.63) is 69.2 Å². The summed E-state index contributed by atoms with van der Waals surface area (Å²) in [5.41, 5.74) is 4.87. The predicted molar refractivity (Wildman–Crippen MR) is 130 cm³/mol. The molecule has 0 amide bonds. The Bertz CT molecular complexity index is 814. The van der Waals surface area contributed by atoms with Crippen molar-refractivity contribution in [2.75, 3.05) is 13.2 Å². The Hall–Kier alpha value is -1.39. The van der Waals surface area contributed by atoms with Crippen LogP contribution in [0.3, 0.4) is 0 Å². The molecule has 0 aromatic heterocycles. The van der Waals surface area contributed by atoms with Crippen LogP contribution in [0, 0.1) is 5.92 Å². The maximum Gasteiger partial charge on any atom is 0.119 e. The summed E-state index contributed by atoms with van der Waals surface area (Å²) >= 11 is 6.71. The molecule has 4 heteroatoms. The summed E-state index contributed by atoms with van der Waals surface area (Å²) < 4.78 is 6.50. The molecule has 0 heterocycles. The van der Waals surface area contributed by atoms with E-state index in [-0.39, 0.29) is 25.2 Å². The molecule has 172 valence electrons. The van der Waals surface area contributed by atoms with Gasteiger partial charge in [-0.1, -0.05) is 83.0 Å². The Balaban J connectivity index is 2.62. The smallest absolute Gasteiger partial charge is 0.119 e. The Labute approximate surface area is 193 Å². The molecule has 0 aliphatic carbocycles. The number of aliphatic hydroxyl groups excluding tert-OH is 2. The molecule has 0 aliphatic heterocycles. The number of rotatable bonds is 12. The summed E-state index contributed by atoms with van der Waals surface area (Å²) in [7, 11) is 0. The van der Waals surface area contributed by atoms with E-state index in [4.69, 9.17) is 16.3 Å². The molecule has 2 rings (SSSR count). The highest BCUT2D eigenvalue weighted by Crippen LogP contribution is 2.41. The van der Waals surface area contributed by atoms with Gasteiger partial charge in [-0.15, -0.1) is 0 Å². The van der Waals surface area contributed by atoms with Gasteiger partial charge in [0.25, 0.3) is 0 Å². The second kappa shape index (κ2) is 12.0. The van der Waals surface area contributed by atoms with Gasteiger partial charge in [0.05, 0.1) is 19.3 Å². The van der Waals surface area contributed by atoms with E-state index in [9.17, 15) is 10.2 Å². The molecule has 2 aromatic rings. The van der Waals surface area contributed by atoms with Gasteiger partial charge < -0.3 is 14.9 Å². The van der Waals surface area contributed by atoms with Crippen LogP contribution in [0.15, 0.2) is 36.4 Å². The van der Waals surface area contributed by atoms with Crippen molar-refractivity contribution >= 4 is 11.6 Å². The lowest BCUT2D eigenvalue weighted by Gasteiger charge is -2.42. The normalized spacial score (nSPS) is 15.5. The summed E-state index contributed by atoms with van der Waals surface area (Å²) in [6.45, 7) is 10.3. The highest BCUT2D eigenvalue weighted by atomic mass is 35.5. The lowest BCUT2D eigenvalue weighted by molar-refractivity contribution is -0.167. The van der Waals surface area contributed by atoms with Gasteiger partial charge in [0, 0.05) is 5.02 Å². The van der Waals surface area contributed by atoms with Crippen LogP contribution < -0.4 is 0 Å². The molecule has 0 bridgehead atoms. The minimum absolute atomic E-state index is 0.0691. The van der Waals surface area contributed by atoms with E-state index in [1.165, 1.54) is 11.1 Å². The monoisotopic (exact) mass is 446 g/mol. The predicted octanol–water partition coefficient (Wildman–Crippen LogP) is 6.08. The molecule has 0 saturated carbocycles. The lowest BCUT2D eigenvalue weighted by atomic mass is 9.76. The summed E-state index contributed by atoms with van der Waals surface area (Å²) in [6, 6.07) is 12.6. The van der Waals surface area contributed by atoms with E-state index in [0.717, 1.165) is 47.4 Å². The van der Waals surface area contributed by atoms with Crippen LogP contribution in [0.2, 0.25) is 5.02 Å². The highest BCUT2D eigenvalue weighted by Gasteiger charge is 2.41. The molecule has 0 fully saturated rings. The Morgan fingerprint density at radius 3 is 2.00 bits per heavy atom. The van der Waals surface area contributed by atoms with Gasteiger partial charge in [-0.2, -0.15) is 0 Å². The van der Waals surface area contributed by atoms with Crippen LogP contribution in [-0.2, 0) is 29.6 Å². The molecule has 3 unspecified atom stereocenters. The number of halogens is 1. The SMILES string of the molecule is CCc1ccc(Cc2c(Cl)ccc(C(CO)(OC(CC)CO)C(C)CC)c2CC)cc1. The molecule has 3 nitrogen and oxygen atoms in total. The van der Waals surface area contributed by atoms with Gasteiger partial charge in [0.2, 0.25) is 0 Å². The van der Waals surface area contributed by atoms with Gasteiger partial charge >= 0.3 is 0 Å². The van der Waals surface area contributed by atoms with Crippen molar-refractivity contribution in [2.24, 2.45) is 5.92 Å². The summed E-state index contributed by atoms with van der Waals surface area (Å²) in [5, 5.41) is 21.2. The topological polar surface area (TPSA) is 49.7 Å². The van der Waals surface area contributed by atoms with E-state index in [2.05, 4.69) is 52.0 Å². The summed E-state index contributed by atoms with van der Waals surface area (Å²) in [5.74, 6) is 0.0706.